The topological polar surface area (TPSA) is 669 Å². The molecule has 4 fully saturated rings. The number of carboxylic acids is 2. The summed E-state index contributed by atoms with van der Waals surface area (Å²) in [6, 6.07) is -12.7. The lowest BCUT2D eigenvalue weighted by molar-refractivity contribution is -0.144. The molecule has 22 N–H and O–H groups in total. The molecule has 4 aliphatic heterocycles. The first-order chi connectivity index (χ1) is 67.7. The fraction of sp³-hybridized carbons (Fsp3) is 0.574. The number of aliphatic hydroxyl groups excluding tert-OH is 1. The Morgan fingerprint density at radius 2 is 1.05 bits per heavy atom. The Morgan fingerprint density at radius 3 is 1.62 bits per heavy atom. The van der Waals surface area contributed by atoms with Crippen molar-refractivity contribution in [3.05, 3.63) is 90.3 Å². The number of rotatable bonds is 33. The zero-order valence-corrected chi connectivity index (χ0v) is 82.1. The number of ketones is 1. The summed E-state index contributed by atoms with van der Waals surface area (Å²) in [7, 11) is 1.49. The number of unbranched alkanes of at least 4 members (excludes halogenated alkanes) is 1. The van der Waals surface area contributed by atoms with Gasteiger partial charge in [-0.05, 0) is 99.8 Å². The van der Waals surface area contributed by atoms with E-state index in [1.807, 2.05) is 0 Å². The van der Waals surface area contributed by atoms with Crippen LogP contribution in [0.2, 0.25) is 0 Å². The maximum absolute atomic E-state index is 15.7. The third-order valence-corrected chi connectivity index (χ3v) is 26.4. The number of ether oxygens (including phenoxy) is 3. The third kappa shape index (κ3) is 34.7. The van der Waals surface area contributed by atoms with E-state index >= 15 is 43.2 Å². The highest BCUT2D eigenvalue weighted by atomic mass is 33.1. The lowest BCUT2D eigenvalue weighted by Crippen LogP contribution is -2.62. The van der Waals surface area contributed by atoms with Gasteiger partial charge in [-0.25, -0.2) is 4.98 Å². The van der Waals surface area contributed by atoms with Crippen LogP contribution >= 0.6 is 21.6 Å². The van der Waals surface area contributed by atoms with Crippen molar-refractivity contribution in [2.45, 2.75) is 254 Å². The SMILES string of the molecule is C#CCCCC(=O)NCCOCCOCCOCCC(=O)N[C@H]1C[C@@H]2NC1C(=O)[C@H]1CCCN1C(=O)[C@H]([C@@H](C)O)NC(=O)[C@@H]1CSSC[C@H](NC(=O)[C@H](CC(=O)O)NC2=O)C(=O)N[C@@H](C)C(=O)N[C@@H](Cc2c[nH]c3ccccc23)C(=O)N[C@@H](Cc2cnc[nH]2)C(=O)N[C@@H](CC(C)C)C(=O)NCC(=O)N[C@@H](CCC(=O)O)C(=O)N[C@@H](CC(C)C)C(=O)N[C@@H](C(C)C)C(=O)N[C@@H](Cc2c[nH]c3ccccc23)C(=O)N1. The molecule has 3 aromatic heterocycles. The highest BCUT2D eigenvalue weighted by Gasteiger charge is 2.50. The van der Waals surface area contributed by atoms with Gasteiger partial charge in [0.1, 0.15) is 72.5 Å². The van der Waals surface area contributed by atoms with Crippen LogP contribution in [0.5, 0.6) is 0 Å². The summed E-state index contributed by atoms with van der Waals surface area (Å²) in [5.74, 6) is -19.9. The quantitative estimate of drug-likeness (QED) is 0.0116. The van der Waals surface area contributed by atoms with Crippen molar-refractivity contribution >= 4 is 156 Å². The van der Waals surface area contributed by atoms with Gasteiger partial charge in [0.2, 0.25) is 94.5 Å². The number of aliphatic hydroxyl groups is 1. The van der Waals surface area contributed by atoms with Crippen LogP contribution in [-0.2, 0) is 125 Å². The molecule has 0 radical (unpaired) electrons. The number of carbonyl (C=O) groups excluding carboxylic acids is 17. The number of terminal acetylenes is 1. The maximum Gasteiger partial charge on any atom is 0.305 e. The second-order valence-electron chi connectivity index (χ2n) is 36.5. The Kier molecular flexibility index (Phi) is 44.3. The second kappa shape index (κ2) is 55.9. The summed E-state index contributed by atoms with van der Waals surface area (Å²) >= 11 is 0. The molecule has 2 aromatic carbocycles. The average Bonchev–Trinajstić information content (AvgIpc) is 1.62. The van der Waals surface area contributed by atoms with Gasteiger partial charge in [0.25, 0.3) is 0 Å². The Balaban J connectivity index is 1.10. The number of hydrogen-bond donors (Lipinski definition) is 22. The summed E-state index contributed by atoms with van der Waals surface area (Å²) in [6.45, 7) is 12.1. The molecule has 0 aliphatic carbocycles. The predicted octanol–water partition coefficient (Wildman–Crippen LogP) is -2.63. The van der Waals surface area contributed by atoms with Crippen LogP contribution in [0, 0.1) is 30.1 Å². The highest BCUT2D eigenvalue weighted by Crippen LogP contribution is 2.29. The van der Waals surface area contributed by atoms with Crippen molar-refractivity contribution in [2.24, 2.45) is 17.8 Å². The number of nitrogens with zero attached hydrogens (tertiary/aromatic N) is 2. The van der Waals surface area contributed by atoms with Crippen molar-refractivity contribution in [3.8, 4) is 12.3 Å². The molecule has 774 valence electrons. The number of Topliss-reactive ketones (excluding diaryl/α,β-unsaturated/α-hetero) is 1. The number of amides is 16. The molecular formula is C94H131N21O25S2. The van der Waals surface area contributed by atoms with E-state index in [4.69, 9.17) is 20.6 Å². The van der Waals surface area contributed by atoms with Crippen LogP contribution in [-0.4, -0.2) is 326 Å². The van der Waals surface area contributed by atoms with Crippen LogP contribution in [0.1, 0.15) is 149 Å². The molecule has 4 saturated heterocycles. The minimum atomic E-state index is -2.07. The predicted molar refractivity (Wildman–Crippen MR) is 517 cm³/mol. The third-order valence-electron chi connectivity index (χ3n) is 24.0. The zero-order chi connectivity index (χ0) is 103. The molecule has 5 aromatic rings. The molecule has 17 atom stereocenters. The minimum Gasteiger partial charge on any atom is -0.481 e. The molecule has 4 aliphatic rings. The van der Waals surface area contributed by atoms with Crippen molar-refractivity contribution in [3.63, 3.8) is 0 Å². The number of aromatic amines is 3. The molecule has 142 heavy (non-hydrogen) atoms. The molecule has 4 bridgehead atoms. The molecule has 9 rings (SSSR count). The van der Waals surface area contributed by atoms with Crippen molar-refractivity contribution in [2.75, 3.05) is 70.8 Å². The fourth-order valence-electron chi connectivity index (χ4n) is 16.5. The monoisotopic (exact) mass is 2020 g/mol. The Labute approximate surface area is 827 Å². The number of nitrogens with one attached hydrogen (secondary N) is 19. The summed E-state index contributed by atoms with van der Waals surface area (Å²) in [6.07, 6.45) is 6.31. The summed E-state index contributed by atoms with van der Waals surface area (Å²) in [5, 5.41) is 75.4. The van der Waals surface area contributed by atoms with Gasteiger partial charge in [-0.1, -0.05) is 99.5 Å². The second-order valence-corrected chi connectivity index (χ2v) is 39.0. The van der Waals surface area contributed by atoms with Crippen LogP contribution in [0.4, 0.5) is 0 Å². The van der Waals surface area contributed by atoms with Gasteiger partial charge in [-0.2, -0.15) is 0 Å². The largest absolute Gasteiger partial charge is 0.481 e. The van der Waals surface area contributed by atoms with Gasteiger partial charge >= 0.3 is 11.9 Å². The van der Waals surface area contributed by atoms with Crippen LogP contribution in [0.3, 0.4) is 0 Å². The summed E-state index contributed by atoms with van der Waals surface area (Å²) in [5.41, 5.74) is 2.36. The highest BCUT2D eigenvalue weighted by molar-refractivity contribution is 8.76. The average molecular weight is 2020 g/mol. The Morgan fingerprint density at radius 1 is 0.535 bits per heavy atom. The van der Waals surface area contributed by atoms with Crippen LogP contribution in [0.25, 0.3) is 21.8 Å². The summed E-state index contributed by atoms with van der Waals surface area (Å²) < 4.78 is 16.8. The maximum atomic E-state index is 15.7. The first-order valence-electron chi connectivity index (χ1n) is 47.4. The summed E-state index contributed by atoms with van der Waals surface area (Å²) in [4.78, 5) is 291. The van der Waals surface area contributed by atoms with Gasteiger partial charge in [0.15, 0.2) is 5.78 Å². The van der Waals surface area contributed by atoms with Crippen LogP contribution < -0.4 is 85.1 Å². The molecule has 7 heterocycles. The number of hydrogen-bond acceptors (Lipinski definition) is 27. The van der Waals surface area contributed by atoms with Gasteiger partial charge < -0.3 is 129 Å². The van der Waals surface area contributed by atoms with Gasteiger partial charge in [-0.15, -0.1) is 12.3 Å². The normalized spacial score (nSPS) is 25.1. The number of carbonyl (C=O) groups is 19. The van der Waals surface area contributed by atoms with Gasteiger partial charge in [0, 0.05) is 116 Å². The minimum absolute atomic E-state index is 0.0185. The molecular weight excluding hydrogens is 1890 g/mol. The van der Waals surface area contributed by atoms with Crippen molar-refractivity contribution in [1.29, 1.82) is 0 Å². The number of imidazole rings is 1. The van der Waals surface area contributed by atoms with E-state index in [9.17, 15) is 63.3 Å². The zero-order valence-electron chi connectivity index (χ0n) is 80.5. The van der Waals surface area contributed by atoms with E-state index in [0.29, 0.717) is 45.8 Å². The standard InChI is InChI=1S/C94H131N21O25S2/c1-10-11-12-23-73(117)96-27-30-139-32-34-140-33-31-138-29-26-74(118)103-62-40-68-88(131)109-69(41-77(122)123)89(132)111-70-46-141-142-47-71(92(135)114-79(53(9)116)94(137)115-28-17-22-72(115)81(124)80(62)104-68)112-86(129)66(38-55-43-98-60-21-16-14-19-58(55)60)110-93(136)78(51(6)7)113-90(133)64(36-50(4)5)107-84(127)61(24-25-76(120)121)102-75(119)45-99-83(126)63(35-49(2)3)106-87(130)67(39-56-44-95-48-100-56)108-85(128)65(105-82(125)52(8)101-91(70)134)37-54-42-97-59-20-15-13-18-57(54)59/h1,13-16,18-21,42-44,48-53,61-72,78-80,97-98,104,116H,11-12,17,22-41,45-47H2,2-9H3,(H,95,100)(H,96,117)(H,99,126)(H,101,134)(H,102,119)(H,103,118)(H,105,125)(H,106,130)(H,107,127)(H,108,128)(H,109,131)(H,110,136)(H,111,132)(H,112,129)(H,113,133)(H,114,135)(H,120,121)(H,122,123)/t52-,53+,61-,62-,63-,64-,65-,66-,67-,68-,69-,70-,71-,72+,78-,79-,80?/m0/s1. The molecule has 16 amide bonds. The van der Waals surface area contributed by atoms with E-state index < -0.39 is 265 Å². The lowest BCUT2D eigenvalue weighted by Gasteiger charge is -2.33. The first kappa shape index (κ1) is 113. The Bertz CT molecular complexity index is 5300. The lowest BCUT2D eigenvalue weighted by atomic mass is 9.96. The number of benzene rings is 2. The molecule has 48 heteroatoms. The van der Waals surface area contributed by atoms with E-state index in [1.54, 1.807) is 102 Å². The smallest absolute Gasteiger partial charge is 0.305 e. The van der Waals surface area contributed by atoms with Crippen LogP contribution in [0.15, 0.2) is 73.4 Å². The van der Waals surface area contributed by atoms with E-state index in [-0.39, 0.29) is 128 Å². The number of aliphatic carboxylic acids is 2. The van der Waals surface area contributed by atoms with Gasteiger partial charge in [-0.3, -0.25) is 96.4 Å². The molecule has 0 saturated carbocycles. The van der Waals surface area contributed by atoms with Crippen molar-refractivity contribution in [1.82, 2.24) is 110 Å². The number of para-hydroxylation sites is 2. The van der Waals surface area contributed by atoms with E-state index in [2.05, 4.69) is 111 Å². The number of carboxylic acid groups (broad SMARTS) is 2. The molecule has 46 nitrogen and oxygen atoms in total. The number of fused-ring (bicyclic) bond motifs is 10. The molecule has 1 unspecified atom stereocenters. The number of aromatic nitrogens is 4. The Hall–Kier alpha value is -13.1. The fourth-order valence-corrected chi connectivity index (χ4v) is 18.9. The van der Waals surface area contributed by atoms with Gasteiger partial charge in [0.05, 0.1) is 89.2 Å². The van der Waals surface area contributed by atoms with E-state index in [1.165, 1.54) is 26.4 Å². The first-order valence-corrected chi connectivity index (χ1v) is 49.9. The number of H-pyrrole nitrogens is 3. The van der Waals surface area contributed by atoms with E-state index in [0.717, 1.165) is 26.5 Å². The molecule has 0 spiro atoms. The van der Waals surface area contributed by atoms with Crippen molar-refractivity contribution < 1.29 is 121 Å².